The van der Waals surface area contributed by atoms with Crippen LogP contribution in [-0.4, -0.2) is 26.8 Å². The summed E-state index contributed by atoms with van der Waals surface area (Å²) in [6.07, 6.45) is 0. The van der Waals surface area contributed by atoms with Crippen molar-refractivity contribution in [2.24, 2.45) is 5.73 Å². The minimum Gasteiger partial charge on any atom is -0.326 e. The van der Waals surface area contributed by atoms with E-state index in [2.05, 4.69) is 4.72 Å². The van der Waals surface area contributed by atoms with E-state index >= 15 is 0 Å². The van der Waals surface area contributed by atoms with Crippen molar-refractivity contribution >= 4 is 28.3 Å². The van der Waals surface area contributed by atoms with Gasteiger partial charge in [-0.1, -0.05) is 12.1 Å². The molecule has 0 fully saturated rings. The Bertz CT molecular complexity index is 434. The third-order valence-corrected chi connectivity index (χ3v) is 3.35. The highest BCUT2D eigenvalue weighted by atomic mass is 35.5. The second-order valence-corrected chi connectivity index (χ2v) is 5.18. The summed E-state index contributed by atoms with van der Waals surface area (Å²) in [5.41, 5.74) is 6.86. The SMILES string of the molecule is CN(C)S(=O)(=O)Nc1cccc(CN)c1.Cl. The van der Waals surface area contributed by atoms with Crippen LogP contribution in [0.1, 0.15) is 5.56 Å². The predicted molar refractivity (Wildman–Crippen MR) is 67.8 cm³/mol. The van der Waals surface area contributed by atoms with Gasteiger partial charge in [0.2, 0.25) is 0 Å². The maximum absolute atomic E-state index is 11.5. The summed E-state index contributed by atoms with van der Waals surface area (Å²) in [6.45, 7) is 0.386. The van der Waals surface area contributed by atoms with Crippen LogP contribution in [0.15, 0.2) is 24.3 Å². The largest absolute Gasteiger partial charge is 0.326 e. The first kappa shape index (κ1) is 15.2. The fraction of sp³-hybridized carbons (Fsp3) is 0.333. The smallest absolute Gasteiger partial charge is 0.301 e. The molecule has 1 aromatic rings. The van der Waals surface area contributed by atoms with Gasteiger partial charge in [0.1, 0.15) is 0 Å². The van der Waals surface area contributed by atoms with Crippen LogP contribution in [0.25, 0.3) is 0 Å². The number of benzene rings is 1. The fourth-order valence-electron chi connectivity index (χ4n) is 1.00. The van der Waals surface area contributed by atoms with E-state index in [4.69, 9.17) is 5.73 Å². The van der Waals surface area contributed by atoms with Gasteiger partial charge in [0.25, 0.3) is 0 Å². The summed E-state index contributed by atoms with van der Waals surface area (Å²) in [5.74, 6) is 0. The van der Waals surface area contributed by atoms with Crippen LogP contribution in [0.4, 0.5) is 5.69 Å². The number of nitrogens with zero attached hydrogens (tertiary/aromatic N) is 1. The van der Waals surface area contributed by atoms with E-state index in [1.165, 1.54) is 14.1 Å². The second-order valence-electron chi connectivity index (χ2n) is 3.29. The molecule has 0 aliphatic rings. The molecule has 0 radical (unpaired) electrons. The number of anilines is 1. The van der Waals surface area contributed by atoms with Gasteiger partial charge in [-0.05, 0) is 17.7 Å². The summed E-state index contributed by atoms with van der Waals surface area (Å²) in [7, 11) is -0.499. The summed E-state index contributed by atoms with van der Waals surface area (Å²) in [6, 6.07) is 6.99. The topological polar surface area (TPSA) is 75.4 Å². The van der Waals surface area contributed by atoms with Gasteiger partial charge in [-0.25, -0.2) is 0 Å². The van der Waals surface area contributed by atoms with E-state index < -0.39 is 10.2 Å². The monoisotopic (exact) mass is 265 g/mol. The van der Waals surface area contributed by atoms with Gasteiger partial charge in [-0.2, -0.15) is 12.7 Å². The van der Waals surface area contributed by atoms with E-state index in [0.717, 1.165) is 9.87 Å². The van der Waals surface area contributed by atoms with Crippen molar-refractivity contribution in [3.8, 4) is 0 Å². The second kappa shape index (κ2) is 6.05. The van der Waals surface area contributed by atoms with Crippen LogP contribution in [0.5, 0.6) is 0 Å². The fourth-order valence-corrected chi connectivity index (χ4v) is 1.61. The third kappa shape index (κ3) is 3.97. The molecule has 0 unspecified atom stereocenters. The number of halogens is 1. The molecule has 16 heavy (non-hydrogen) atoms. The lowest BCUT2D eigenvalue weighted by molar-refractivity contribution is 0.527. The minimum absolute atomic E-state index is 0. The molecular formula is C9H16ClN3O2S. The van der Waals surface area contributed by atoms with Gasteiger partial charge in [0.15, 0.2) is 0 Å². The van der Waals surface area contributed by atoms with Crippen LogP contribution in [0.2, 0.25) is 0 Å². The maximum atomic E-state index is 11.5. The minimum atomic E-state index is -3.43. The molecule has 92 valence electrons. The third-order valence-electron chi connectivity index (χ3n) is 1.89. The Balaban J connectivity index is 0.00000225. The predicted octanol–water partition coefficient (Wildman–Crippen LogP) is 0.785. The summed E-state index contributed by atoms with van der Waals surface area (Å²) < 4.78 is 26.5. The first-order valence-corrected chi connectivity index (χ1v) is 5.89. The van der Waals surface area contributed by atoms with Crippen molar-refractivity contribution in [3.05, 3.63) is 29.8 Å². The molecule has 0 atom stereocenters. The van der Waals surface area contributed by atoms with E-state index in [1.807, 2.05) is 6.07 Å². The lowest BCUT2D eigenvalue weighted by Gasteiger charge is -2.13. The quantitative estimate of drug-likeness (QED) is 0.845. The number of nitrogens with one attached hydrogen (secondary N) is 1. The molecule has 0 aliphatic carbocycles. The highest BCUT2D eigenvalue weighted by Gasteiger charge is 2.12. The zero-order valence-electron chi connectivity index (χ0n) is 9.17. The Kier molecular flexibility index (Phi) is 5.74. The van der Waals surface area contributed by atoms with Crippen molar-refractivity contribution in [2.75, 3.05) is 18.8 Å². The van der Waals surface area contributed by atoms with Gasteiger partial charge < -0.3 is 5.73 Å². The van der Waals surface area contributed by atoms with E-state index in [1.54, 1.807) is 18.2 Å². The Labute approximate surface area is 102 Å². The van der Waals surface area contributed by atoms with Crippen molar-refractivity contribution in [1.82, 2.24) is 4.31 Å². The molecule has 5 nitrogen and oxygen atoms in total. The molecule has 0 amide bonds. The van der Waals surface area contributed by atoms with Crippen LogP contribution in [-0.2, 0) is 16.8 Å². The molecule has 0 heterocycles. The zero-order chi connectivity index (χ0) is 11.5. The molecule has 0 bridgehead atoms. The highest BCUT2D eigenvalue weighted by molar-refractivity contribution is 7.90. The normalized spacial score (nSPS) is 11.0. The molecular weight excluding hydrogens is 250 g/mol. The first-order chi connectivity index (χ1) is 6.95. The summed E-state index contributed by atoms with van der Waals surface area (Å²) in [4.78, 5) is 0. The average Bonchev–Trinajstić information content (AvgIpc) is 2.17. The summed E-state index contributed by atoms with van der Waals surface area (Å²) in [5, 5.41) is 0. The lowest BCUT2D eigenvalue weighted by Crippen LogP contribution is -2.28. The van der Waals surface area contributed by atoms with Crippen molar-refractivity contribution < 1.29 is 8.42 Å². The first-order valence-electron chi connectivity index (χ1n) is 4.45. The Morgan fingerprint density at radius 3 is 2.50 bits per heavy atom. The van der Waals surface area contributed by atoms with Gasteiger partial charge in [0.05, 0.1) is 5.69 Å². The number of hydrogen-bond acceptors (Lipinski definition) is 3. The molecule has 1 rings (SSSR count). The molecule has 0 aliphatic heterocycles. The molecule has 0 saturated carbocycles. The van der Waals surface area contributed by atoms with Gasteiger partial charge >= 0.3 is 10.2 Å². The van der Waals surface area contributed by atoms with Gasteiger partial charge in [-0.15, -0.1) is 12.4 Å². The lowest BCUT2D eigenvalue weighted by atomic mass is 10.2. The van der Waals surface area contributed by atoms with Crippen LogP contribution >= 0.6 is 12.4 Å². The molecule has 1 aromatic carbocycles. The number of nitrogens with two attached hydrogens (primary N) is 1. The molecule has 3 N–H and O–H groups in total. The Morgan fingerprint density at radius 2 is 2.00 bits per heavy atom. The zero-order valence-corrected chi connectivity index (χ0v) is 10.8. The van der Waals surface area contributed by atoms with E-state index in [-0.39, 0.29) is 12.4 Å². The molecule has 7 heteroatoms. The van der Waals surface area contributed by atoms with Crippen LogP contribution in [0, 0.1) is 0 Å². The Morgan fingerprint density at radius 1 is 1.38 bits per heavy atom. The molecule has 0 saturated heterocycles. The van der Waals surface area contributed by atoms with Crippen LogP contribution < -0.4 is 10.5 Å². The van der Waals surface area contributed by atoms with E-state index in [9.17, 15) is 8.42 Å². The van der Waals surface area contributed by atoms with Crippen LogP contribution in [0.3, 0.4) is 0 Å². The maximum Gasteiger partial charge on any atom is 0.301 e. The van der Waals surface area contributed by atoms with Gasteiger partial charge in [-0.3, -0.25) is 4.72 Å². The van der Waals surface area contributed by atoms with Crippen molar-refractivity contribution in [2.45, 2.75) is 6.54 Å². The standard InChI is InChI=1S/C9H15N3O2S.ClH/c1-12(2)15(13,14)11-9-5-3-4-8(6-9)7-10;/h3-6,11H,7,10H2,1-2H3;1H. The number of rotatable bonds is 4. The van der Waals surface area contributed by atoms with E-state index in [0.29, 0.717) is 12.2 Å². The van der Waals surface area contributed by atoms with Gasteiger partial charge in [0, 0.05) is 20.6 Å². The molecule has 0 aromatic heterocycles. The Hall–Kier alpha value is -0.820. The molecule has 0 spiro atoms. The highest BCUT2D eigenvalue weighted by Crippen LogP contribution is 2.12. The van der Waals surface area contributed by atoms with Crippen molar-refractivity contribution in [1.29, 1.82) is 0 Å². The number of hydrogen-bond donors (Lipinski definition) is 2. The van der Waals surface area contributed by atoms with Crippen molar-refractivity contribution in [3.63, 3.8) is 0 Å². The average molecular weight is 266 g/mol. The summed E-state index contributed by atoms with van der Waals surface area (Å²) >= 11 is 0.